The van der Waals surface area contributed by atoms with Crippen LogP contribution in [-0.4, -0.2) is 38.1 Å². The first-order valence-electron chi connectivity index (χ1n) is 8.98. The van der Waals surface area contributed by atoms with E-state index in [4.69, 9.17) is 9.47 Å². The summed E-state index contributed by atoms with van der Waals surface area (Å²) in [6.07, 6.45) is 2.10. The van der Waals surface area contributed by atoms with Crippen LogP contribution in [0.25, 0.3) is 0 Å². The van der Waals surface area contributed by atoms with Crippen molar-refractivity contribution in [1.29, 1.82) is 0 Å². The van der Waals surface area contributed by atoms with E-state index in [1.807, 2.05) is 48.5 Å². The maximum absolute atomic E-state index is 12.4. The lowest BCUT2D eigenvalue weighted by molar-refractivity contribution is -0.122. The van der Waals surface area contributed by atoms with Crippen LogP contribution in [0, 0.1) is 0 Å². The van der Waals surface area contributed by atoms with E-state index in [9.17, 15) is 4.79 Å². The molecule has 1 atom stereocenters. The monoisotopic (exact) mass is 354 g/mol. The Balaban J connectivity index is 1.64. The van der Waals surface area contributed by atoms with E-state index in [0.29, 0.717) is 13.1 Å². The highest BCUT2D eigenvalue weighted by atomic mass is 16.5. The Morgan fingerprint density at radius 1 is 1.15 bits per heavy atom. The van der Waals surface area contributed by atoms with Crippen LogP contribution in [0.3, 0.4) is 0 Å². The van der Waals surface area contributed by atoms with Crippen molar-refractivity contribution in [1.82, 2.24) is 10.2 Å². The van der Waals surface area contributed by atoms with Crippen LogP contribution in [0.15, 0.2) is 48.5 Å². The number of nitrogens with one attached hydrogen (secondary N) is 1. The van der Waals surface area contributed by atoms with Gasteiger partial charge in [0.15, 0.2) is 0 Å². The van der Waals surface area contributed by atoms with Crippen molar-refractivity contribution in [2.75, 3.05) is 27.3 Å². The number of carbonyl (C=O) groups is 1. The molecule has 2 aromatic rings. The third kappa shape index (κ3) is 4.35. The molecule has 1 N–H and O–H groups in total. The quantitative estimate of drug-likeness (QED) is 0.830. The fraction of sp³-hybridized carbons (Fsp3) is 0.381. The summed E-state index contributed by atoms with van der Waals surface area (Å²) in [5.41, 5.74) is 2.22. The van der Waals surface area contributed by atoms with Crippen molar-refractivity contribution in [3.05, 3.63) is 59.7 Å². The Labute approximate surface area is 154 Å². The van der Waals surface area contributed by atoms with Gasteiger partial charge in [0.1, 0.15) is 11.5 Å². The molecule has 0 aliphatic carbocycles. The summed E-state index contributed by atoms with van der Waals surface area (Å²) in [6.45, 7) is 1.87. The summed E-state index contributed by atoms with van der Waals surface area (Å²) in [5.74, 6) is 1.63. The minimum absolute atomic E-state index is 0.0493. The van der Waals surface area contributed by atoms with Crippen LogP contribution < -0.4 is 14.8 Å². The van der Waals surface area contributed by atoms with E-state index in [-0.39, 0.29) is 11.9 Å². The number of hydrogen-bond donors (Lipinski definition) is 1. The zero-order valence-electron chi connectivity index (χ0n) is 15.4. The maximum atomic E-state index is 12.4. The molecule has 0 radical (unpaired) electrons. The second kappa shape index (κ2) is 8.72. The summed E-state index contributed by atoms with van der Waals surface area (Å²) >= 11 is 0. The number of benzene rings is 2. The molecule has 1 saturated heterocycles. The van der Waals surface area contributed by atoms with Gasteiger partial charge >= 0.3 is 0 Å². The molecule has 0 aromatic heterocycles. The third-order valence-electron chi connectivity index (χ3n) is 4.84. The van der Waals surface area contributed by atoms with E-state index in [2.05, 4.69) is 10.2 Å². The first-order valence-corrected chi connectivity index (χ1v) is 8.98. The van der Waals surface area contributed by atoms with E-state index in [0.717, 1.165) is 42.0 Å². The first-order chi connectivity index (χ1) is 12.7. The van der Waals surface area contributed by atoms with E-state index < -0.39 is 0 Å². The average molecular weight is 354 g/mol. The number of hydrogen-bond acceptors (Lipinski definition) is 4. The number of methoxy groups -OCH3 is 2. The number of amides is 1. The summed E-state index contributed by atoms with van der Waals surface area (Å²) in [4.78, 5) is 14.6. The Bertz CT molecular complexity index is 733. The minimum atomic E-state index is 0.0493. The molecular formula is C21H26N2O3. The van der Waals surface area contributed by atoms with Gasteiger partial charge in [0.25, 0.3) is 0 Å². The molecule has 2 aromatic carbocycles. The lowest BCUT2D eigenvalue weighted by Gasteiger charge is -2.26. The fourth-order valence-electron chi connectivity index (χ4n) is 3.50. The molecule has 1 aliphatic rings. The smallest absolute Gasteiger partial charge is 0.234 e. The van der Waals surface area contributed by atoms with Gasteiger partial charge in [0.05, 0.1) is 20.8 Å². The first kappa shape index (κ1) is 18.3. The van der Waals surface area contributed by atoms with Crippen LogP contribution in [-0.2, 0) is 11.3 Å². The molecule has 1 aliphatic heterocycles. The van der Waals surface area contributed by atoms with Crippen molar-refractivity contribution >= 4 is 5.91 Å². The van der Waals surface area contributed by atoms with Crippen LogP contribution in [0.1, 0.15) is 30.0 Å². The normalized spacial score (nSPS) is 17.1. The van der Waals surface area contributed by atoms with Crippen LogP contribution >= 0.6 is 0 Å². The predicted octanol–water partition coefficient (Wildman–Crippen LogP) is 3.16. The van der Waals surface area contributed by atoms with Gasteiger partial charge in [-0.15, -0.1) is 0 Å². The summed E-state index contributed by atoms with van der Waals surface area (Å²) in [5, 5.41) is 3.01. The Hall–Kier alpha value is -2.53. The van der Waals surface area contributed by atoms with Crippen molar-refractivity contribution in [3.8, 4) is 11.5 Å². The zero-order valence-corrected chi connectivity index (χ0v) is 15.4. The summed E-state index contributed by atoms with van der Waals surface area (Å²) < 4.78 is 10.8. The van der Waals surface area contributed by atoms with Gasteiger partial charge in [-0.05, 0) is 31.0 Å². The van der Waals surface area contributed by atoms with Gasteiger partial charge in [-0.3, -0.25) is 9.69 Å². The summed E-state index contributed by atoms with van der Waals surface area (Å²) in [6, 6.07) is 16.1. The van der Waals surface area contributed by atoms with E-state index >= 15 is 0 Å². The van der Waals surface area contributed by atoms with E-state index in [1.165, 1.54) is 0 Å². The van der Waals surface area contributed by atoms with Gasteiger partial charge in [-0.1, -0.05) is 36.4 Å². The highest BCUT2D eigenvalue weighted by Crippen LogP contribution is 2.38. The molecule has 1 fully saturated rings. The van der Waals surface area contributed by atoms with E-state index in [1.54, 1.807) is 14.2 Å². The standard InChI is InChI=1S/C21H26N2O3/c1-25-17-10-11-18(20(13-17)26-2)19-9-6-12-23(19)15-21(24)22-14-16-7-4-3-5-8-16/h3-5,7-8,10-11,13,19H,6,9,12,14-15H2,1-2H3,(H,22,24). The highest BCUT2D eigenvalue weighted by Gasteiger charge is 2.29. The number of ether oxygens (including phenoxy) is 2. The van der Waals surface area contributed by atoms with Gasteiger partial charge in [-0.2, -0.15) is 0 Å². The number of rotatable bonds is 7. The molecule has 0 bridgehead atoms. The average Bonchev–Trinajstić information content (AvgIpc) is 3.14. The molecule has 1 heterocycles. The minimum Gasteiger partial charge on any atom is -0.497 e. The van der Waals surface area contributed by atoms with Gasteiger partial charge in [0, 0.05) is 24.2 Å². The lowest BCUT2D eigenvalue weighted by atomic mass is 10.0. The maximum Gasteiger partial charge on any atom is 0.234 e. The fourth-order valence-corrected chi connectivity index (χ4v) is 3.50. The van der Waals surface area contributed by atoms with Gasteiger partial charge in [0.2, 0.25) is 5.91 Å². The second-order valence-corrected chi connectivity index (χ2v) is 6.50. The SMILES string of the molecule is COc1ccc(C2CCCN2CC(=O)NCc2ccccc2)c(OC)c1. The topological polar surface area (TPSA) is 50.8 Å². The highest BCUT2D eigenvalue weighted by molar-refractivity contribution is 5.78. The number of nitrogens with zero attached hydrogens (tertiary/aromatic N) is 1. The Morgan fingerprint density at radius 2 is 1.96 bits per heavy atom. The molecule has 138 valence electrons. The largest absolute Gasteiger partial charge is 0.497 e. The molecule has 5 heteroatoms. The van der Waals surface area contributed by atoms with Gasteiger partial charge < -0.3 is 14.8 Å². The van der Waals surface area contributed by atoms with Crippen molar-refractivity contribution in [3.63, 3.8) is 0 Å². The molecule has 1 amide bonds. The summed E-state index contributed by atoms with van der Waals surface area (Å²) in [7, 11) is 3.32. The van der Waals surface area contributed by atoms with Crippen LogP contribution in [0.4, 0.5) is 0 Å². The van der Waals surface area contributed by atoms with Crippen molar-refractivity contribution in [2.45, 2.75) is 25.4 Å². The zero-order chi connectivity index (χ0) is 18.4. The predicted molar refractivity (Wildman–Crippen MR) is 101 cm³/mol. The molecule has 0 spiro atoms. The Morgan fingerprint density at radius 3 is 2.69 bits per heavy atom. The molecular weight excluding hydrogens is 328 g/mol. The molecule has 3 rings (SSSR count). The molecule has 1 unspecified atom stereocenters. The number of carbonyl (C=O) groups excluding carboxylic acids is 1. The van der Waals surface area contributed by atoms with Gasteiger partial charge in [-0.25, -0.2) is 0 Å². The second-order valence-electron chi connectivity index (χ2n) is 6.50. The third-order valence-corrected chi connectivity index (χ3v) is 4.84. The molecule has 26 heavy (non-hydrogen) atoms. The number of likely N-dealkylation sites (tertiary alicyclic amines) is 1. The van der Waals surface area contributed by atoms with Crippen LogP contribution in [0.2, 0.25) is 0 Å². The van der Waals surface area contributed by atoms with Crippen LogP contribution in [0.5, 0.6) is 11.5 Å². The van der Waals surface area contributed by atoms with Crippen molar-refractivity contribution in [2.24, 2.45) is 0 Å². The molecule has 5 nitrogen and oxygen atoms in total. The Kier molecular flexibility index (Phi) is 6.12. The molecule has 0 saturated carbocycles. The van der Waals surface area contributed by atoms with Crippen molar-refractivity contribution < 1.29 is 14.3 Å². The lowest BCUT2D eigenvalue weighted by Crippen LogP contribution is -2.36.